The number of benzene rings is 1. The highest BCUT2D eigenvalue weighted by atomic mass is 32.2. The first kappa shape index (κ1) is 18.1. The van der Waals surface area contributed by atoms with Crippen molar-refractivity contribution in [1.29, 1.82) is 0 Å². The second-order valence-corrected chi connectivity index (χ2v) is 5.79. The molecule has 0 fully saturated rings. The summed E-state index contributed by atoms with van der Waals surface area (Å²) in [6.45, 7) is 1.84. The summed E-state index contributed by atoms with van der Waals surface area (Å²) >= 11 is 1.32. The first-order chi connectivity index (χ1) is 10.3. The third-order valence-electron chi connectivity index (χ3n) is 3.01. The zero-order chi connectivity index (χ0) is 16.9. The van der Waals surface area contributed by atoms with Crippen LogP contribution in [0, 0.1) is 10.1 Å². The Balaban J connectivity index is 3.08. The van der Waals surface area contributed by atoms with Crippen LogP contribution in [0.2, 0.25) is 0 Å². The minimum Gasteiger partial charge on any atom is -0.492 e. The predicted octanol–water partition coefficient (Wildman–Crippen LogP) is 1.82. The first-order valence-corrected chi connectivity index (χ1v) is 7.37. The summed E-state index contributed by atoms with van der Waals surface area (Å²) in [4.78, 5) is 21.2. The van der Waals surface area contributed by atoms with Crippen molar-refractivity contribution in [2.45, 2.75) is 18.2 Å². The van der Waals surface area contributed by atoms with Crippen molar-refractivity contribution in [3.05, 3.63) is 27.8 Å². The van der Waals surface area contributed by atoms with Crippen LogP contribution in [-0.2, 0) is 4.79 Å². The molecule has 9 heteroatoms. The van der Waals surface area contributed by atoms with E-state index in [2.05, 4.69) is 0 Å². The zero-order valence-electron chi connectivity index (χ0n) is 12.4. The molecule has 0 aliphatic heterocycles. The van der Waals surface area contributed by atoms with E-state index in [9.17, 15) is 14.9 Å². The molecule has 22 heavy (non-hydrogen) atoms. The Morgan fingerprint density at radius 1 is 1.41 bits per heavy atom. The molecule has 0 bridgehead atoms. The number of thioether (sulfide) groups is 1. The fourth-order valence-corrected chi connectivity index (χ4v) is 2.85. The molecule has 0 heterocycles. The molecule has 0 aliphatic rings. The normalized spacial score (nSPS) is 13.3. The molecule has 1 aromatic carbocycles. The first-order valence-electron chi connectivity index (χ1n) is 6.32. The highest BCUT2D eigenvalue weighted by Gasteiger charge is 2.25. The number of methoxy groups -OCH3 is 2. The van der Waals surface area contributed by atoms with Gasteiger partial charge in [-0.2, -0.15) is 11.8 Å². The maximum Gasteiger partial charge on any atom is 0.321 e. The maximum atomic E-state index is 11.0. The van der Waals surface area contributed by atoms with Gasteiger partial charge in [0.2, 0.25) is 5.75 Å². The number of hydrogen-bond donors (Lipinski definition) is 2. The fraction of sp³-hybridized carbons (Fsp3) is 0.462. The van der Waals surface area contributed by atoms with Gasteiger partial charge in [-0.3, -0.25) is 14.9 Å². The van der Waals surface area contributed by atoms with Crippen molar-refractivity contribution in [3.8, 4) is 11.5 Å². The minimum absolute atomic E-state index is 0.0417. The van der Waals surface area contributed by atoms with Crippen molar-refractivity contribution in [2.75, 3.05) is 20.0 Å². The molecule has 0 saturated heterocycles. The van der Waals surface area contributed by atoms with Gasteiger partial charge >= 0.3 is 11.7 Å². The summed E-state index contributed by atoms with van der Waals surface area (Å²) < 4.78 is 10.3. The molecule has 2 atom stereocenters. The van der Waals surface area contributed by atoms with Crippen LogP contribution in [0.25, 0.3) is 0 Å². The second-order valence-electron chi connectivity index (χ2n) is 4.42. The van der Waals surface area contributed by atoms with E-state index in [1.807, 2.05) is 6.92 Å². The Labute approximate surface area is 131 Å². The zero-order valence-corrected chi connectivity index (χ0v) is 13.3. The largest absolute Gasteiger partial charge is 0.492 e. The lowest BCUT2D eigenvalue weighted by Gasteiger charge is -2.18. The van der Waals surface area contributed by atoms with E-state index >= 15 is 0 Å². The van der Waals surface area contributed by atoms with E-state index < -0.39 is 16.9 Å². The summed E-state index contributed by atoms with van der Waals surface area (Å²) in [7, 11) is 2.72. The van der Waals surface area contributed by atoms with Gasteiger partial charge in [-0.25, -0.2) is 0 Å². The predicted molar refractivity (Wildman–Crippen MR) is 82.7 cm³/mol. The van der Waals surface area contributed by atoms with Crippen molar-refractivity contribution in [2.24, 2.45) is 5.73 Å². The molecule has 0 saturated carbocycles. The Kier molecular flexibility index (Phi) is 6.44. The average Bonchev–Trinajstić information content (AvgIpc) is 2.49. The summed E-state index contributed by atoms with van der Waals surface area (Å²) in [5.41, 5.74) is 5.95. The summed E-state index contributed by atoms with van der Waals surface area (Å²) in [5, 5.41) is 19.6. The molecule has 8 nitrogen and oxygen atoms in total. The quantitative estimate of drug-likeness (QED) is 0.546. The van der Waals surface area contributed by atoms with Gasteiger partial charge in [0.05, 0.1) is 19.1 Å². The number of nitro groups is 1. The minimum atomic E-state index is -1.08. The molecule has 3 N–H and O–H groups in total. The Morgan fingerprint density at radius 2 is 2.00 bits per heavy atom. The second kappa shape index (κ2) is 7.85. The maximum absolute atomic E-state index is 11.0. The van der Waals surface area contributed by atoms with E-state index in [1.54, 1.807) is 6.07 Å². The van der Waals surface area contributed by atoms with Crippen LogP contribution in [0.1, 0.15) is 17.7 Å². The van der Waals surface area contributed by atoms with Crippen molar-refractivity contribution in [3.63, 3.8) is 0 Å². The van der Waals surface area contributed by atoms with Gasteiger partial charge < -0.3 is 20.3 Å². The van der Waals surface area contributed by atoms with E-state index in [0.717, 1.165) is 0 Å². The molecule has 0 radical (unpaired) electrons. The molecular weight excluding hydrogens is 312 g/mol. The van der Waals surface area contributed by atoms with Crippen LogP contribution >= 0.6 is 11.8 Å². The standard InChI is InChI=1S/C13H18N2O6S/c1-7(22-6-9(14)13(16)17)8-4-5-10(15(18)19)12(21-3)11(8)20-2/h4-5,7,9H,6,14H2,1-3H3,(H,16,17)/t7?,9-/m0/s1. The monoisotopic (exact) mass is 330 g/mol. The van der Waals surface area contributed by atoms with Crippen molar-refractivity contribution in [1.82, 2.24) is 0 Å². The van der Waals surface area contributed by atoms with Gasteiger partial charge in [0, 0.05) is 22.6 Å². The Morgan fingerprint density at radius 3 is 2.45 bits per heavy atom. The van der Waals surface area contributed by atoms with Crippen LogP contribution in [0.3, 0.4) is 0 Å². The molecule has 1 rings (SSSR count). The van der Waals surface area contributed by atoms with Crippen molar-refractivity contribution >= 4 is 23.4 Å². The number of carboxylic acids is 1. The van der Waals surface area contributed by atoms with Crippen LogP contribution < -0.4 is 15.2 Å². The van der Waals surface area contributed by atoms with E-state index in [1.165, 1.54) is 32.0 Å². The lowest BCUT2D eigenvalue weighted by molar-refractivity contribution is -0.385. The van der Waals surface area contributed by atoms with Gasteiger partial charge in [0.15, 0.2) is 5.75 Å². The number of carboxylic acid groups (broad SMARTS) is 1. The van der Waals surface area contributed by atoms with E-state index in [4.69, 9.17) is 20.3 Å². The fourth-order valence-electron chi connectivity index (χ4n) is 1.85. The number of nitrogens with two attached hydrogens (primary N) is 1. The molecule has 0 spiro atoms. The number of rotatable bonds is 8. The Bertz CT molecular complexity index is 566. The molecule has 0 aliphatic carbocycles. The molecule has 0 aromatic heterocycles. The third kappa shape index (κ3) is 4.01. The van der Waals surface area contributed by atoms with Gasteiger partial charge in [-0.15, -0.1) is 0 Å². The molecular formula is C13H18N2O6S. The van der Waals surface area contributed by atoms with Gasteiger partial charge in [-0.1, -0.05) is 0 Å². The van der Waals surface area contributed by atoms with Crippen LogP contribution in [0.5, 0.6) is 11.5 Å². The summed E-state index contributed by atoms with van der Waals surface area (Å²) in [5.74, 6) is -0.563. The Hall–Kier alpha value is -2.00. The van der Waals surface area contributed by atoms with Crippen LogP contribution in [-0.4, -0.2) is 42.0 Å². The van der Waals surface area contributed by atoms with Crippen molar-refractivity contribution < 1.29 is 24.3 Å². The van der Waals surface area contributed by atoms with Crippen LogP contribution in [0.4, 0.5) is 5.69 Å². The molecule has 1 aromatic rings. The average molecular weight is 330 g/mol. The number of nitro benzene ring substituents is 1. The number of hydrogen-bond acceptors (Lipinski definition) is 7. The number of nitrogens with zero attached hydrogens (tertiary/aromatic N) is 1. The van der Waals surface area contributed by atoms with Gasteiger partial charge in [-0.05, 0) is 13.0 Å². The van der Waals surface area contributed by atoms with Gasteiger partial charge in [0.1, 0.15) is 6.04 Å². The third-order valence-corrected chi connectivity index (χ3v) is 4.31. The topological polar surface area (TPSA) is 125 Å². The highest BCUT2D eigenvalue weighted by molar-refractivity contribution is 7.99. The highest BCUT2D eigenvalue weighted by Crippen LogP contribution is 2.44. The summed E-state index contributed by atoms with van der Waals surface area (Å²) in [6.07, 6.45) is 0. The number of ether oxygens (including phenoxy) is 2. The smallest absolute Gasteiger partial charge is 0.321 e. The van der Waals surface area contributed by atoms with E-state index in [0.29, 0.717) is 5.56 Å². The SMILES string of the molecule is COc1c(C(C)SC[C@H](N)C(=O)O)ccc([N+](=O)[O-])c1OC. The molecule has 0 amide bonds. The lowest BCUT2D eigenvalue weighted by Crippen LogP contribution is -2.32. The van der Waals surface area contributed by atoms with Crippen LogP contribution in [0.15, 0.2) is 12.1 Å². The summed E-state index contributed by atoms with van der Waals surface area (Å²) in [6, 6.07) is 1.94. The lowest BCUT2D eigenvalue weighted by atomic mass is 10.1. The molecule has 122 valence electrons. The van der Waals surface area contributed by atoms with E-state index in [-0.39, 0.29) is 28.2 Å². The number of aliphatic carboxylic acids is 1. The van der Waals surface area contributed by atoms with Gasteiger partial charge in [0.25, 0.3) is 0 Å². The molecule has 1 unspecified atom stereocenters. The number of carbonyl (C=O) groups is 1.